The number of hydrogen-bond donors (Lipinski definition) is 2. The minimum absolute atomic E-state index is 0.295. The van der Waals surface area contributed by atoms with E-state index in [9.17, 15) is 4.79 Å². The lowest BCUT2D eigenvalue weighted by atomic mass is 10.3. The minimum atomic E-state index is -0.354. The predicted molar refractivity (Wildman–Crippen MR) is 71.0 cm³/mol. The average molecular weight is 263 g/mol. The molecule has 0 radical (unpaired) electrons. The van der Waals surface area contributed by atoms with Crippen molar-refractivity contribution in [1.29, 1.82) is 0 Å². The molecule has 0 saturated carbocycles. The van der Waals surface area contributed by atoms with Gasteiger partial charge in [0.2, 0.25) is 0 Å². The highest BCUT2D eigenvalue weighted by atomic mass is 35.5. The standard InChI is InChI=1S/C12H11ClN4O/c1-14-8-4-6-15-10(7-8)12(18)17-11-9(13)3-2-5-16-11/h2-7H,1H3,(H,14,15)(H,16,17,18). The van der Waals surface area contributed by atoms with Crippen molar-refractivity contribution in [3.63, 3.8) is 0 Å². The molecule has 18 heavy (non-hydrogen) atoms. The van der Waals surface area contributed by atoms with Crippen LogP contribution in [0.25, 0.3) is 0 Å². The zero-order chi connectivity index (χ0) is 13.0. The first kappa shape index (κ1) is 12.3. The summed E-state index contributed by atoms with van der Waals surface area (Å²) >= 11 is 5.90. The normalized spacial score (nSPS) is 9.89. The monoisotopic (exact) mass is 262 g/mol. The van der Waals surface area contributed by atoms with Crippen molar-refractivity contribution in [3.05, 3.63) is 47.4 Å². The van der Waals surface area contributed by atoms with Crippen LogP contribution in [0.15, 0.2) is 36.7 Å². The summed E-state index contributed by atoms with van der Waals surface area (Å²) in [6.45, 7) is 0. The van der Waals surface area contributed by atoms with Gasteiger partial charge in [0, 0.05) is 25.1 Å². The van der Waals surface area contributed by atoms with Crippen LogP contribution in [0.2, 0.25) is 5.02 Å². The molecule has 0 unspecified atom stereocenters. The van der Waals surface area contributed by atoms with E-state index >= 15 is 0 Å². The quantitative estimate of drug-likeness (QED) is 0.892. The number of anilines is 2. The molecule has 0 saturated heterocycles. The number of halogens is 1. The Labute approximate surface area is 109 Å². The zero-order valence-corrected chi connectivity index (χ0v) is 10.4. The molecular formula is C12H11ClN4O. The Morgan fingerprint density at radius 1 is 1.28 bits per heavy atom. The summed E-state index contributed by atoms with van der Waals surface area (Å²) in [5.74, 6) is -0.0338. The fourth-order valence-corrected chi connectivity index (χ4v) is 1.53. The predicted octanol–water partition coefficient (Wildman–Crippen LogP) is 2.42. The van der Waals surface area contributed by atoms with E-state index in [2.05, 4.69) is 20.6 Å². The summed E-state index contributed by atoms with van der Waals surface area (Å²) in [4.78, 5) is 19.9. The Bertz CT molecular complexity index is 574. The van der Waals surface area contributed by atoms with Crippen molar-refractivity contribution < 1.29 is 4.79 Å². The van der Waals surface area contributed by atoms with Gasteiger partial charge in [-0.3, -0.25) is 9.78 Å². The van der Waals surface area contributed by atoms with Crippen molar-refractivity contribution in [2.45, 2.75) is 0 Å². The van der Waals surface area contributed by atoms with Crippen molar-refractivity contribution in [2.24, 2.45) is 0 Å². The van der Waals surface area contributed by atoms with Crippen LogP contribution in [-0.4, -0.2) is 22.9 Å². The van der Waals surface area contributed by atoms with Crippen molar-refractivity contribution >= 4 is 29.0 Å². The molecule has 92 valence electrons. The summed E-state index contributed by atoms with van der Waals surface area (Å²) in [5, 5.41) is 5.93. The topological polar surface area (TPSA) is 66.9 Å². The van der Waals surface area contributed by atoms with Gasteiger partial charge in [0.1, 0.15) is 5.69 Å². The molecule has 0 aliphatic heterocycles. The third-order valence-electron chi connectivity index (χ3n) is 2.27. The number of aromatic nitrogens is 2. The number of amides is 1. The highest BCUT2D eigenvalue weighted by molar-refractivity contribution is 6.33. The van der Waals surface area contributed by atoms with Gasteiger partial charge in [-0.15, -0.1) is 0 Å². The van der Waals surface area contributed by atoms with E-state index in [0.717, 1.165) is 5.69 Å². The van der Waals surface area contributed by atoms with Gasteiger partial charge >= 0.3 is 0 Å². The van der Waals surface area contributed by atoms with Crippen molar-refractivity contribution in [2.75, 3.05) is 17.7 Å². The van der Waals surface area contributed by atoms with E-state index in [1.165, 1.54) is 0 Å². The highest BCUT2D eigenvalue weighted by Gasteiger charge is 2.10. The molecule has 0 aliphatic carbocycles. The lowest BCUT2D eigenvalue weighted by Gasteiger charge is -2.06. The van der Waals surface area contributed by atoms with E-state index in [0.29, 0.717) is 16.5 Å². The lowest BCUT2D eigenvalue weighted by Crippen LogP contribution is -2.15. The Kier molecular flexibility index (Phi) is 3.74. The maximum Gasteiger partial charge on any atom is 0.275 e. The number of nitrogens with zero attached hydrogens (tertiary/aromatic N) is 2. The molecule has 2 aromatic heterocycles. The molecule has 2 N–H and O–H groups in total. The number of nitrogens with one attached hydrogen (secondary N) is 2. The number of pyridine rings is 2. The van der Waals surface area contributed by atoms with Gasteiger partial charge < -0.3 is 10.6 Å². The van der Waals surface area contributed by atoms with Gasteiger partial charge in [0.05, 0.1) is 5.02 Å². The number of rotatable bonds is 3. The van der Waals surface area contributed by atoms with Gasteiger partial charge in [-0.25, -0.2) is 4.98 Å². The molecule has 6 heteroatoms. The Hall–Kier alpha value is -2.14. The summed E-state index contributed by atoms with van der Waals surface area (Å²) in [5.41, 5.74) is 1.10. The van der Waals surface area contributed by atoms with E-state index in [-0.39, 0.29) is 5.91 Å². The molecule has 0 atom stereocenters. The maximum absolute atomic E-state index is 11.9. The molecule has 1 amide bonds. The fraction of sp³-hybridized carbons (Fsp3) is 0.0833. The smallest absolute Gasteiger partial charge is 0.275 e. The van der Waals surface area contributed by atoms with Gasteiger partial charge in [-0.2, -0.15) is 0 Å². The molecule has 0 spiro atoms. The van der Waals surface area contributed by atoms with Gasteiger partial charge in [0.25, 0.3) is 5.91 Å². The van der Waals surface area contributed by atoms with Crippen LogP contribution in [0.5, 0.6) is 0 Å². The van der Waals surface area contributed by atoms with Gasteiger partial charge in [-0.1, -0.05) is 11.6 Å². The molecule has 0 aromatic carbocycles. The van der Waals surface area contributed by atoms with Crippen LogP contribution in [0.4, 0.5) is 11.5 Å². The van der Waals surface area contributed by atoms with Crippen LogP contribution in [-0.2, 0) is 0 Å². The Morgan fingerprint density at radius 3 is 2.83 bits per heavy atom. The third-order valence-corrected chi connectivity index (χ3v) is 2.58. The molecule has 5 nitrogen and oxygen atoms in total. The number of hydrogen-bond acceptors (Lipinski definition) is 4. The molecule has 0 bridgehead atoms. The van der Waals surface area contributed by atoms with Gasteiger partial charge in [-0.05, 0) is 24.3 Å². The molecule has 2 heterocycles. The highest BCUT2D eigenvalue weighted by Crippen LogP contribution is 2.18. The summed E-state index contributed by atoms with van der Waals surface area (Å²) in [6.07, 6.45) is 3.11. The molecule has 0 fully saturated rings. The minimum Gasteiger partial charge on any atom is -0.388 e. The van der Waals surface area contributed by atoms with Crippen LogP contribution < -0.4 is 10.6 Å². The van der Waals surface area contributed by atoms with E-state index in [1.807, 2.05) is 0 Å². The number of carbonyl (C=O) groups is 1. The van der Waals surface area contributed by atoms with Crippen LogP contribution in [0, 0.1) is 0 Å². The maximum atomic E-state index is 11.9. The fourth-order valence-electron chi connectivity index (χ4n) is 1.36. The largest absolute Gasteiger partial charge is 0.388 e. The summed E-state index contributed by atoms with van der Waals surface area (Å²) < 4.78 is 0. The second-order valence-corrected chi connectivity index (χ2v) is 3.87. The Balaban J connectivity index is 2.19. The number of carbonyl (C=O) groups excluding carboxylic acids is 1. The van der Waals surface area contributed by atoms with Crippen LogP contribution in [0.3, 0.4) is 0 Å². The van der Waals surface area contributed by atoms with E-state index in [1.54, 1.807) is 43.7 Å². The van der Waals surface area contributed by atoms with E-state index < -0.39 is 0 Å². The van der Waals surface area contributed by atoms with Crippen LogP contribution >= 0.6 is 11.6 Å². The summed E-state index contributed by atoms with van der Waals surface area (Å²) in [6, 6.07) is 6.76. The SMILES string of the molecule is CNc1ccnc(C(=O)Nc2ncccc2Cl)c1. The zero-order valence-electron chi connectivity index (χ0n) is 9.64. The lowest BCUT2D eigenvalue weighted by molar-refractivity contribution is 0.102. The Morgan fingerprint density at radius 2 is 2.11 bits per heavy atom. The third kappa shape index (κ3) is 2.75. The van der Waals surface area contributed by atoms with Gasteiger partial charge in [0.15, 0.2) is 5.82 Å². The first-order chi connectivity index (χ1) is 8.70. The summed E-state index contributed by atoms with van der Waals surface area (Å²) in [7, 11) is 1.77. The first-order valence-corrected chi connectivity index (χ1v) is 5.64. The molecule has 2 rings (SSSR count). The van der Waals surface area contributed by atoms with Crippen molar-refractivity contribution in [3.8, 4) is 0 Å². The van der Waals surface area contributed by atoms with E-state index in [4.69, 9.17) is 11.6 Å². The van der Waals surface area contributed by atoms with Crippen molar-refractivity contribution in [1.82, 2.24) is 9.97 Å². The second kappa shape index (κ2) is 5.46. The molecule has 0 aliphatic rings. The molecule has 2 aromatic rings. The first-order valence-electron chi connectivity index (χ1n) is 5.26. The molecular weight excluding hydrogens is 252 g/mol. The second-order valence-electron chi connectivity index (χ2n) is 3.47. The van der Waals surface area contributed by atoms with Crippen LogP contribution in [0.1, 0.15) is 10.5 Å². The average Bonchev–Trinajstić information content (AvgIpc) is 2.41.